The van der Waals surface area contributed by atoms with E-state index in [0.717, 1.165) is 23.1 Å². The number of halogens is 3. The molecular formula is C31H28F3N7O4. The molecule has 2 aromatic heterocycles. The van der Waals surface area contributed by atoms with Gasteiger partial charge in [-0.2, -0.15) is 0 Å². The van der Waals surface area contributed by atoms with Crippen molar-refractivity contribution in [3.63, 3.8) is 0 Å². The van der Waals surface area contributed by atoms with Gasteiger partial charge in [0.25, 0.3) is 5.91 Å². The Balaban J connectivity index is 1.42. The van der Waals surface area contributed by atoms with Gasteiger partial charge in [-0.3, -0.25) is 14.6 Å². The first kappa shape index (κ1) is 30.9. The number of carbonyl (C=O) groups is 3. The number of hydrogen-bond donors (Lipinski definition) is 3. The third kappa shape index (κ3) is 6.86. The molecule has 0 bridgehead atoms. The highest BCUT2D eigenvalue weighted by Gasteiger charge is 2.52. The van der Waals surface area contributed by atoms with Crippen molar-refractivity contribution in [2.45, 2.75) is 38.3 Å². The summed E-state index contributed by atoms with van der Waals surface area (Å²) in [6, 6.07) is 16.4. The first-order valence-corrected chi connectivity index (χ1v) is 13.6. The number of urea groups is 1. The third-order valence-electron chi connectivity index (χ3n) is 7.07. The molecule has 4 aromatic rings. The van der Waals surface area contributed by atoms with Gasteiger partial charge in [0.2, 0.25) is 5.91 Å². The van der Waals surface area contributed by atoms with Crippen LogP contribution in [0.3, 0.4) is 0 Å². The van der Waals surface area contributed by atoms with Gasteiger partial charge in [0.05, 0.1) is 23.3 Å². The van der Waals surface area contributed by atoms with Gasteiger partial charge in [-0.05, 0) is 67.4 Å². The van der Waals surface area contributed by atoms with Gasteiger partial charge in [-0.1, -0.05) is 30.3 Å². The number of hydrogen-bond acceptors (Lipinski definition) is 8. The quantitative estimate of drug-likeness (QED) is 0.208. The van der Waals surface area contributed by atoms with Gasteiger partial charge in [0.15, 0.2) is 5.75 Å². The smallest absolute Gasteiger partial charge is 0.404 e. The third-order valence-corrected chi connectivity index (χ3v) is 7.07. The highest BCUT2D eigenvalue weighted by atomic mass is 19.4. The maximum absolute atomic E-state index is 13.7. The number of carbonyl (C=O) groups excluding carboxylic acids is 3. The van der Waals surface area contributed by atoms with Gasteiger partial charge in [0, 0.05) is 18.9 Å². The van der Waals surface area contributed by atoms with Gasteiger partial charge < -0.3 is 26.0 Å². The van der Waals surface area contributed by atoms with Crippen molar-refractivity contribution in [1.82, 2.24) is 14.9 Å². The van der Waals surface area contributed by atoms with E-state index in [9.17, 15) is 27.6 Å². The molecule has 1 aliphatic heterocycles. The minimum atomic E-state index is -5.09. The second kappa shape index (κ2) is 12.2. The van der Waals surface area contributed by atoms with Crippen LogP contribution in [0.25, 0.3) is 0 Å². The largest absolute Gasteiger partial charge is 0.573 e. The molecule has 1 fully saturated rings. The van der Waals surface area contributed by atoms with Crippen LogP contribution in [0.1, 0.15) is 31.0 Å². The number of benzene rings is 2. The molecule has 1 atom stereocenters. The number of amides is 4. The Morgan fingerprint density at radius 1 is 1.02 bits per heavy atom. The molecule has 2 aromatic carbocycles. The van der Waals surface area contributed by atoms with Crippen molar-refractivity contribution in [3.05, 3.63) is 103 Å². The molecule has 0 spiro atoms. The predicted molar refractivity (Wildman–Crippen MR) is 159 cm³/mol. The fourth-order valence-electron chi connectivity index (χ4n) is 4.73. The van der Waals surface area contributed by atoms with E-state index in [1.807, 2.05) is 6.07 Å². The zero-order valence-electron chi connectivity index (χ0n) is 24.1. The molecule has 11 nitrogen and oxygen atoms in total. The molecule has 1 unspecified atom stereocenters. The monoisotopic (exact) mass is 619 g/mol. The Morgan fingerprint density at radius 3 is 2.47 bits per heavy atom. The lowest BCUT2D eigenvalue weighted by Gasteiger charge is -2.27. The molecule has 1 aliphatic rings. The number of nitrogens with two attached hydrogens (primary N) is 1. The second-order valence-electron chi connectivity index (χ2n) is 10.6. The van der Waals surface area contributed by atoms with Crippen molar-refractivity contribution in [2.75, 3.05) is 15.5 Å². The van der Waals surface area contributed by atoms with Gasteiger partial charge >= 0.3 is 12.4 Å². The summed E-state index contributed by atoms with van der Waals surface area (Å²) in [4.78, 5) is 50.8. The molecule has 0 radical (unpaired) electrons. The molecule has 0 aliphatic carbocycles. The van der Waals surface area contributed by atoms with Crippen LogP contribution in [0.2, 0.25) is 0 Å². The van der Waals surface area contributed by atoms with Crippen molar-refractivity contribution in [2.24, 2.45) is 5.73 Å². The molecule has 0 saturated carbocycles. The number of pyridine rings is 2. The van der Waals surface area contributed by atoms with Crippen LogP contribution in [0.15, 0.2) is 91.4 Å². The number of imide groups is 1. The molecule has 3 heterocycles. The Morgan fingerprint density at radius 2 is 1.78 bits per heavy atom. The molecule has 4 N–H and O–H groups in total. The van der Waals surface area contributed by atoms with E-state index in [1.54, 1.807) is 81.0 Å². The van der Waals surface area contributed by atoms with E-state index in [4.69, 9.17) is 5.73 Å². The number of nitrogens with zero attached hydrogens (tertiary/aromatic N) is 4. The number of nitrogens with one attached hydrogen (secondary N) is 2. The van der Waals surface area contributed by atoms with E-state index >= 15 is 0 Å². The summed E-state index contributed by atoms with van der Waals surface area (Å²) in [6.07, 6.45) is -0.285. The first-order chi connectivity index (χ1) is 21.3. The molecule has 14 heteroatoms. The van der Waals surface area contributed by atoms with E-state index in [-0.39, 0.29) is 12.2 Å². The lowest BCUT2D eigenvalue weighted by molar-refractivity contribution is -0.274. The van der Waals surface area contributed by atoms with Crippen molar-refractivity contribution < 1.29 is 32.3 Å². The second-order valence-corrected chi connectivity index (χ2v) is 10.6. The standard InChI is InChI=1S/C31H28F3N7O4/c1-30(2)28(43)41(29(44)40(30)18-19-12-14-37-25(15-19)38-21-9-6-13-36-17-21)22-10-11-24(45-31(32,33)34)23(16-22)39-27(42)26(35)20-7-4-3-5-8-20/h3-17,26H,18,35H2,1-2H3,(H,37,38)(H,39,42). The van der Waals surface area contributed by atoms with Crippen LogP contribution < -0.4 is 26.0 Å². The van der Waals surface area contributed by atoms with Gasteiger partial charge in [-0.25, -0.2) is 14.7 Å². The number of aromatic nitrogens is 2. The summed E-state index contributed by atoms with van der Waals surface area (Å²) >= 11 is 0. The molecular weight excluding hydrogens is 591 g/mol. The number of alkyl halides is 3. The van der Waals surface area contributed by atoms with Gasteiger partial charge in [0.1, 0.15) is 17.4 Å². The lowest BCUT2D eigenvalue weighted by atomic mass is 10.0. The SMILES string of the molecule is CC1(C)C(=O)N(c2ccc(OC(F)(F)F)c(NC(=O)C(N)c3ccccc3)c2)C(=O)N1Cc1ccnc(Nc2cccnc2)c1. The molecule has 5 rings (SSSR count). The summed E-state index contributed by atoms with van der Waals surface area (Å²) < 4.78 is 43.8. The normalized spacial score (nSPS) is 15.2. The van der Waals surface area contributed by atoms with Crippen LogP contribution in [0.4, 0.5) is 40.8 Å². The van der Waals surface area contributed by atoms with Gasteiger partial charge in [-0.15, -0.1) is 13.2 Å². The van der Waals surface area contributed by atoms with Crippen molar-refractivity contribution in [3.8, 4) is 5.75 Å². The molecule has 4 amide bonds. The number of anilines is 4. The Bertz CT molecular complexity index is 1720. The molecule has 45 heavy (non-hydrogen) atoms. The lowest BCUT2D eigenvalue weighted by Crippen LogP contribution is -2.43. The maximum Gasteiger partial charge on any atom is 0.573 e. The molecule has 232 valence electrons. The topological polar surface area (TPSA) is 143 Å². The summed E-state index contributed by atoms with van der Waals surface area (Å²) in [5.74, 6) is -1.72. The predicted octanol–water partition coefficient (Wildman–Crippen LogP) is 5.50. The van der Waals surface area contributed by atoms with Crippen molar-refractivity contribution >= 4 is 40.7 Å². The van der Waals surface area contributed by atoms with Crippen LogP contribution in [0, 0.1) is 0 Å². The Labute approximate surface area is 255 Å². The van der Waals surface area contributed by atoms with Crippen LogP contribution in [-0.4, -0.2) is 44.6 Å². The average molecular weight is 620 g/mol. The number of rotatable bonds is 9. The fourth-order valence-corrected chi connectivity index (χ4v) is 4.73. The fraction of sp³-hybridized carbons (Fsp3) is 0.194. The van der Waals surface area contributed by atoms with E-state index < -0.39 is 47.2 Å². The van der Waals surface area contributed by atoms with Crippen LogP contribution >= 0.6 is 0 Å². The number of ether oxygens (including phenoxy) is 1. The van der Waals surface area contributed by atoms with Crippen LogP contribution in [0.5, 0.6) is 5.75 Å². The van der Waals surface area contributed by atoms with Crippen LogP contribution in [-0.2, 0) is 16.1 Å². The minimum Gasteiger partial charge on any atom is -0.404 e. The highest BCUT2D eigenvalue weighted by Crippen LogP contribution is 2.38. The van der Waals surface area contributed by atoms with E-state index in [1.165, 1.54) is 4.90 Å². The Hall–Kier alpha value is -5.50. The molecule has 1 saturated heterocycles. The van der Waals surface area contributed by atoms with E-state index in [2.05, 4.69) is 25.3 Å². The average Bonchev–Trinajstić information content (AvgIpc) is 3.17. The summed E-state index contributed by atoms with van der Waals surface area (Å²) in [7, 11) is 0. The maximum atomic E-state index is 13.7. The highest BCUT2D eigenvalue weighted by molar-refractivity contribution is 6.23. The minimum absolute atomic E-state index is 0.0170. The summed E-state index contributed by atoms with van der Waals surface area (Å²) in [6.45, 7) is 3.14. The zero-order chi connectivity index (χ0) is 32.4. The summed E-state index contributed by atoms with van der Waals surface area (Å²) in [5.41, 5.74) is 5.97. The zero-order valence-corrected chi connectivity index (χ0v) is 24.1. The Kier molecular flexibility index (Phi) is 8.42. The summed E-state index contributed by atoms with van der Waals surface area (Å²) in [5, 5.41) is 5.47. The van der Waals surface area contributed by atoms with E-state index in [0.29, 0.717) is 22.6 Å². The first-order valence-electron chi connectivity index (χ1n) is 13.6. The van der Waals surface area contributed by atoms with Crippen molar-refractivity contribution in [1.29, 1.82) is 0 Å².